The minimum absolute atomic E-state index is 0.00188. The molecule has 0 spiro atoms. The van der Waals surface area contributed by atoms with Crippen LogP contribution in [0, 0.1) is 0 Å². The molecule has 2 aliphatic rings. The molecule has 19 heavy (non-hydrogen) atoms. The maximum absolute atomic E-state index is 12.0. The third kappa shape index (κ3) is 4.49. The van der Waals surface area contributed by atoms with Crippen LogP contribution >= 0.6 is 0 Å². The van der Waals surface area contributed by atoms with Gasteiger partial charge in [0, 0.05) is 12.1 Å². The highest BCUT2D eigenvalue weighted by Crippen LogP contribution is 2.19. The van der Waals surface area contributed by atoms with Crippen LogP contribution < -0.4 is 16.0 Å². The van der Waals surface area contributed by atoms with E-state index in [0.717, 1.165) is 25.7 Å². The highest BCUT2D eigenvalue weighted by molar-refractivity contribution is 5.85. The van der Waals surface area contributed by atoms with Gasteiger partial charge in [0.05, 0.1) is 12.1 Å². The zero-order valence-electron chi connectivity index (χ0n) is 11.9. The lowest BCUT2D eigenvalue weighted by Gasteiger charge is -2.21. The van der Waals surface area contributed by atoms with E-state index in [1.54, 1.807) is 6.92 Å². The van der Waals surface area contributed by atoms with Gasteiger partial charge in [-0.2, -0.15) is 0 Å². The summed E-state index contributed by atoms with van der Waals surface area (Å²) in [5.41, 5.74) is 0. The van der Waals surface area contributed by atoms with Gasteiger partial charge >= 0.3 is 0 Å². The Morgan fingerprint density at radius 1 is 0.842 bits per heavy atom. The van der Waals surface area contributed by atoms with Crippen molar-refractivity contribution in [2.75, 3.05) is 0 Å². The second-order valence-electron chi connectivity index (χ2n) is 5.88. The first-order valence-electron chi connectivity index (χ1n) is 7.43. The van der Waals surface area contributed by atoms with Crippen LogP contribution in [0.1, 0.15) is 52.4 Å². The molecule has 0 aromatic carbocycles. The SMILES string of the molecule is CC(NC(C)C(=O)NC1CC1)C(=O)NC1CCCC1. The first-order chi connectivity index (χ1) is 9.06. The van der Waals surface area contributed by atoms with Crippen molar-refractivity contribution in [3.63, 3.8) is 0 Å². The van der Waals surface area contributed by atoms with E-state index in [4.69, 9.17) is 0 Å². The summed E-state index contributed by atoms with van der Waals surface area (Å²) in [6, 6.07) is 0.0252. The number of hydrogen-bond acceptors (Lipinski definition) is 3. The summed E-state index contributed by atoms with van der Waals surface area (Å²) in [4.78, 5) is 23.8. The Morgan fingerprint density at radius 3 is 1.68 bits per heavy atom. The number of nitrogens with one attached hydrogen (secondary N) is 3. The van der Waals surface area contributed by atoms with E-state index in [9.17, 15) is 9.59 Å². The first kappa shape index (κ1) is 14.3. The predicted octanol–water partition coefficient (Wildman–Crippen LogP) is 0.690. The molecule has 0 aliphatic heterocycles. The molecule has 2 aliphatic carbocycles. The standard InChI is InChI=1S/C14H25N3O2/c1-9(13(18)16-11-5-3-4-6-11)15-10(2)14(19)17-12-7-8-12/h9-12,15H,3-8H2,1-2H3,(H,16,18)(H,17,19). The lowest BCUT2D eigenvalue weighted by atomic mass is 10.2. The molecule has 2 saturated carbocycles. The minimum atomic E-state index is -0.333. The molecule has 108 valence electrons. The zero-order valence-corrected chi connectivity index (χ0v) is 11.9. The van der Waals surface area contributed by atoms with E-state index < -0.39 is 0 Å². The van der Waals surface area contributed by atoms with Gasteiger partial charge < -0.3 is 10.6 Å². The Hall–Kier alpha value is -1.10. The highest BCUT2D eigenvalue weighted by atomic mass is 16.2. The van der Waals surface area contributed by atoms with Crippen molar-refractivity contribution >= 4 is 11.8 Å². The van der Waals surface area contributed by atoms with Gasteiger partial charge in [-0.3, -0.25) is 14.9 Å². The molecule has 0 heterocycles. The molecule has 2 amide bonds. The Bertz CT molecular complexity index is 336. The van der Waals surface area contributed by atoms with Gasteiger partial charge in [-0.15, -0.1) is 0 Å². The van der Waals surface area contributed by atoms with Crippen LogP contribution in [0.15, 0.2) is 0 Å². The molecule has 2 atom stereocenters. The molecular formula is C14H25N3O2. The third-order valence-electron chi connectivity index (χ3n) is 3.91. The van der Waals surface area contributed by atoms with Crippen molar-refractivity contribution in [2.45, 2.75) is 76.5 Å². The van der Waals surface area contributed by atoms with Gasteiger partial charge in [0.25, 0.3) is 0 Å². The van der Waals surface area contributed by atoms with Gasteiger partial charge in [0.15, 0.2) is 0 Å². The Morgan fingerprint density at radius 2 is 1.26 bits per heavy atom. The third-order valence-corrected chi connectivity index (χ3v) is 3.91. The predicted molar refractivity (Wildman–Crippen MR) is 73.6 cm³/mol. The van der Waals surface area contributed by atoms with Gasteiger partial charge in [0.2, 0.25) is 11.8 Å². The van der Waals surface area contributed by atoms with Crippen LogP contribution in [0.5, 0.6) is 0 Å². The van der Waals surface area contributed by atoms with Crippen molar-refractivity contribution in [1.82, 2.24) is 16.0 Å². The number of carbonyl (C=O) groups is 2. The summed E-state index contributed by atoms with van der Waals surface area (Å²) < 4.78 is 0. The number of carbonyl (C=O) groups excluding carboxylic acids is 2. The fraction of sp³-hybridized carbons (Fsp3) is 0.857. The van der Waals surface area contributed by atoms with E-state index in [0.29, 0.717) is 12.1 Å². The van der Waals surface area contributed by atoms with Crippen molar-refractivity contribution < 1.29 is 9.59 Å². The molecule has 0 saturated heterocycles. The molecule has 2 fully saturated rings. The minimum Gasteiger partial charge on any atom is -0.352 e. The molecule has 5 heteroatoms. The highest BCUT2D eigenvalue weighted by Gasteiger charge is 2.27. The monoisotopic (exact) mass is 267 g/mol. The Labute approximate surface area is 114 Å². The molecule has 2 rings (SSSR count). The summed E-state index contributed by atoms with van der Waals surface area (Å²) in [5, 5.41) is 9.04. The first-order valence-corrected chi connectivity index (χ1v) is 7.43. The molecule has 5 nitrogen and oxygen atoms in total. The molecule has 0 bridgehead atoms. The van der Waals surface area contributed by atoms with Crippen molar-refractivity contribution in [3.05, 3.63) is 0 Å². The van der Waals surface area contributed by atoms with E-state index in [1.807, 2.05) is 6.92 Å². The maximum Gasteiger partial charge on any atom is 0.237 e. The van der Waals surface area contributed by atoms with Gasteiger partial charge in [0.1, 0.15) is 0 Å². The summed E-state index contributed by atoms with van der Waals surface area (Å²) in [6.45, 7) is 3.61. The smallest absolute Gasteiger partial charge is 0.237 e. The summed E-state index contributed by atoms with van der Waals surface area (Å²) >= 11 is 0. The second kappa shape index (κ2) is 6.37. The lowest BCUT2D eigenvalue weighted by molar-refractivity contribution is -0.125. The fourth-order valence-electron chi connectivity index (χ4n) is 2.48. The maximum atomic E-state index is 12.0. The van der Waals surface area contributed by atoms with Gasteiger partial charge in [-0.05, 0) is 39.5 Å². The number of rotatable bonds is 6. The average molecular weight is 267 g/mol. The normalized spacial score (nSPS) is 22.8. The number of amides is 2. The fourth-order valence-corrected chi connectivity index (χ4v) is 2.48. The van der Waals surface area contributed by atoms with Crippen LogP contribution in [0.4, 0.5) is 0 Å². The Kier molecular flexibility index (Phi) is 4.80. The van der Waals surface area contributed by atoms with Crippen LogP contribution in [0.3, 0.4) is 0 Å². The van der Waals surface area contributed by atoms with Crippen LogP contribution in [-0.2, 0) is 9.59 Å². The molecule has 0 aromatic rings. The topological polar surface area (TPSA) is 70.2 Å². The van der Waals surface area contributed by atoms with Crippen LogP contribution in [-0.4, -0.2) is 36.0 Å². The van der Waals surface area contributed by atoms with Crippen LogP contribution in [0.2, 0.25) is 0 Å². The summed E-state index contributed by atoms with van der Waals surface area (Å²) in [6.07, 6.45) is 6.72. The van der Waals surface area contributed by atoms with Gasteiger partial charge in [-0.25, -0.2) is 0 Å². The van der Waals surface area contributed by atoms with E-state index in [-0.39, 0.29) is 23.9 Å². The zero-order chi connectivity index (χ0) is 13.8. The van der Waals surface area contributed by atoms with Crippen molar-refractivity contribution in [1.29, 1.82) is 0 Å². The molecule has 0 radical (unpaired) electrons. The van der Waals surface area contributed by atoms with E-state index >= 15 is 0 Å². The average Bonchev–Trinajstić information content (AvgIpc) is 3.03. The largest absolute Gasteiger partial charge is 0.352 e. The molecule has 0 aromatic heterocycles. The Balaban J connectivity index is 1.70. The quantitative estimate of drug-likeness (QED) is 0.663. The summed E-state index contributed by atoms with van der Waals surface area (Å²) in [5.74, 6) is -0.0130. The lowest BCUT2D eigenvalue weighted by Crippen LogP contribution is -2.52. The molecular weight excluding hydrogens is 242 g/mol. The summed E-state index contributed by atoms with van der Waals surface area (Å²) in [7, 11) is 0. The molecule has 2 unspecified atom stereocenters. The van der Waals surface area contributed by atoms with E-state index in [2.05, 4.69) is 16.0 Å². The van der Waals surface area contributed by atoms with Crippen molar-refractivity contribution in [2.24, 2.45) is 0 Å². The molecule has 3 N–H and O–H groups in total. The second-order valence-corrected chi connectivity index (χ2v) is 5.88. The van der Waals surface area contributed by atoms with Crippen LogP contribution in [0.25, 0.3) is 0 Å². The van der Waals surface area contributed by atoms with E-state index in [1.165, 1.54) is 12.8 Å². The van der Waals surface area contributed by atoms with Crippen molar-refractivity contribution in [3.8, 4) is 0 Å². The number of hydrogen-bond donors (Lipinski definition) is 3. The van der Waals surface area contributed by atoms with Gasteiger partial charge in [-0.1, -0.05) is 12.8 Å².